The van der Waals surface area contributed by atoms with Crippen molar-refractivity contribution in [1.29, 1.82) is 0 Å². The lowest BCUT2D eigenvalue weighted by atomic mass is 10.1. The number of aryl methyl sites for hydroxylation is 2. The number of hydrogen-bond donors (Lipinski definition) is 2. The molecule has 0 aliphatic carbocycles. The number of benzene rings is 1. The van der Waals surface area contributed by atoms with Crippen LogP contribution in [-0.4, -0.2) is 37.5 Å². The Morgan fingerprint density at radius 2 is 2.24 bits per heavy atom. The molecule has 1 fully saturated rings. The van der Waals surface area contributed by atoms with E-state index in [1.807, 2.05) is 36.9 Å². The number of H-pyrrole nitrogens is 2. The maximum absolute atomic E-state index is 12.9. The molecule has 2 N–H and O–H groups in total. The SMILES string of the molecule is Cc1n[nH]c(C)c1CC(=O)N1CCC[C@@H]1c1nc2ccc(Cl)cc2[nH]1. The van der Waals surface area contributed by atoms with Gasteiger partial charge in [0, 0.05) is 22.8 Å². The fraction of sp³-hybridized carbons (Fsp3) is 0.389. The number of fused-ring (bicyclic) bond motifs is 1. The first-order chi connectivity index (χ1) is 12.0. The highest BCUT2D eigenvalue weighted by Gasteiger charge is 2.32. The van der Waals surface area contributed by atoms with E-state index in [0.29, 0.717) is 11.4 Å². The van der Waals surface area contributed by atoms with E-state index in [1.54, 1.807) is 0 Å². The molecular weight excluding hydrogens is 338 g/mol. The Morgan fingerprint density at radius 1 is 1.40 bits per heavy atom. The Bertz CT molecular complexity index is 925. The zero-order valence-corrected chi connectivity index (χ0v) is 15.0. The predicted molar refractivity (Wildman–Crippen MR) is 96.6 cm³/mol. The van der Waals surface area contributed by atoms with Gasteiger partial charge in [-0.15, -0.1) is 0 Å². The van der Waals surface area contributed by atoms with Crippen molar-refractivity contribution in [3.8, 4) is 0 Å². The van der Waals surface area contributed by atoms with Gasteiger partial charge >= 0.3 is 0 Å². The van der Waals surface area contributed by atoms with E-state index >= 15 is 0 Å². The number of imidazole rings is 1. The highest BCUT2D eigenvalue weighted by atomic mass is 35.5. The Morgan fingerprint density at radius 3 is 3.00 bits per heavy atom. The van der Waals surface area contributed by atoms with Crippen LogP contribution in [0.3, 0.4) is 0 Å². The molecule has 1 amide bonds. The number of likely N-dealkylation sites (tertiary alicyclic amines) is 1. The largest absolute Gasteiger partial charge is 0.340 e. The molecule has 1 atom stereocenters. The number of aromatic nitrogens is 4. The summed E-state index contributed by atoms with van der Waals surface area (Å²) in [7, 11) is 0. The normalized spacial score (nSPS) is 17.6. The van der Waals surface area contributed by atoms with Gasteiger partial charge in [0.15, 0.2) is 0 Å². The molecule has 0 unspecified atom stereocenters. The van der Waals surface area contributed by atoms with Gasteiger partial charge in [-0.2, -0.15) is 5.10 Å². The maximum Gasteiger partial charge on any atom is 0.227 e. The fourth-order valence-corrected chi connectivity index (χ4v) is 3.77. The van der Waals surface area contributed by atoms with Gasteiger partial charge in [-0.05, 0) is 44.9 Å². The zero-order chi connectivity index (χ0) is 17.6. The van der Waals surface area contributed by atoms with Crippen LogP contribution in [0.4, 0.5) is 0 Å². The standard InChI is InChI=1S/C18H20ClN5O/c1-10-13(11(2)23-22-10)9-17(25)24-7-3-4-16(24)18-20-14-6-5-12(19)8-15(14)21-18/h5-6,8,16H,3-4,7,9H2,1-2H3,(H,20,21)(H,22,23)/t16-/m1/s1. The molecule has 1 saturated heterocycles. The van der Waals surface area contributed by atoms with Crippen molar-refractivity contribution in [2.75, 3.05) is 6.54 Å². The van der Waals surface area contributed by atoms with E-state index in [0.717, 1.165) is 53.2 Å². The Balaban J connectivity index is 1.60. The third-order valence-corrected chi connectivity index (χ3v) is 5.19. The average Bonchev–Trinajstić information content (AvgIpc) is 3.28. The van der Waals surface area contributed by atoms with E-state index in [1.165, 1.54) is 0 Å². The van der Waals surface area contributed by atoms with Gasteiger partial charge in [0.25, 0.3) is 0 Å². The molecular formula is C18H20ClN5O. The molecule has 0 radical (unpaired) electrons. The molecule has 130 valence electrons. The maximum atomic E-state index is 12.9. The summed E-state index contributed by atoms with van der Waals surface area (Å²) >= 11 is 6.05. The number of amides is 1. The number of hydrogen-bond acceptors (Lipinski definition) is 3. The monoisotopic (exact) mass is 357 g/mol. The summed E-state index contributed by atoms with van der Waals surface area (Å²) in [5.74, 6) is 0.956. The molecule has 6 nitrogen and oxygen atoms in total. The van der Waals surface area contributed by atoms with Crippen LogP contribution in [0, 0.1) is 13.8 Å². The molecule has 0 saturated carbocycles. The Kier molecular flexibility index (Phi) is 4.00. The summed E-state index contributed by atoms with van der Waals surface area (Å²) in [5.41, 5.74) is 4.62. The summed E-state index contributed by atoms with van der Waals surface area (Å²) in [5, 5.41) is 7.80. The minimum atomic E-state index is -0.00816. The lowest BCUT2D eigenvalue weighted by Crippen LogP contribution is -2.32. The van der Waals surface area contributed by atoms with Gasteiger partial charge in [-0.1, -0.05) is 11.6 Å². The molecule has 1 aromatic carbocycles. The average molecular weight is 358 g/mol. The minimum absolute atomic E-state index is 0.00816. The van der Waals surface area contributed by atoms with Crippen molar-refractivity contribution < 1.29 is 4.79 Å². The highest BCUT2D eigenvalue weighted by Crippen LogP contribution is 2.32. The van der Waals surface area contributed by atoms with E-state index in [9.17, 15) is 4.79 Å². The first-order valence-corrected chi connectivity index (χ1v) is 8.86. The van der Waals surface area contributed by atoms with Gasteiger partial charge in [0.2, 0.25) is 5.91 Å². The minimum Gasteiger partial charge on any atom is -0.340 e. The summed E-state index contributed by atoms with van der Waals surface area (Å²) in [6.45, 7) is 4.64. The molecule has 1 aliphatic heterocycles. The van der Waals surface area contributed by atoms with Crippen LogP contribution in [-0.2, 0) is 11.2 Å². The van der Waals surface area contributed by atoms with E-state index in [2.05, 4.69) is 20.2 Å². The predicted octanol–water partition coefficient (Wildman–Crippen LogP) is 3.46. The quantitative estimate of drug-likeness (QED) is 0.753. The van der Waals surface area contributed by atoms with Crippen LogP contribution in [0.5, 0.6) is 0 Å². The van der Waals surface area contributed by atoms with Crippen LogP contribution >= 0.6 is 11.6 Å². The highest BCUT2D eigenvalue weighted by molar-refractivity contribution is 6.31. The van der Waals surface area contributed by atoms with Crippen LogP contribution in [0.25, 0.3) is 11.0 Å². The number of nitrogens with one attached hydrogen (secondary N) is 2. The molecule has 1 aliphatic rings. The van der Waals surface area contributed by atoms with Crippen molar-refractivity contribution in [3.05, 3.63) is 46.0 Å². The topological polar surface area (TPSA) is 77.7 Å². The second-order valence-electron chi connectivity index (χ2n) is 6.62. The second kappa shape index (κ2) is 6.19. The summed E-state index contributed by atoms with van der Waals surface area (Å²) < 4.78 is 0. The first-order valence-electron chi connectivity index (χ1n) is 8.48. The van der Waals surface area contributed by atoms with Crippen molar-refractivity contribution >= 4 is 28.5 Å². The second-order valence-corrected chi connectivity index (χ2v) is 7.05. The third-order valence-electron chi connectivity index (χ3n) is 4.96. The van der Waals surface area contributed by atoms with Crippen LogP contribution in [0.15, 0.2) is 18.2 Å². The van der Waals surface area contributed by atoms with Gasteiger partial charge in [0.05, 0.1) is 29.2 Å². The lowest BCUT2D eigenvalue weighted by Gasteiger charge is -2.23. The van der Waals surface area contributed by atoms with E-state index in [-0.39, 0.29) is 11.9 Å². The molecule has 3 aromatic rings. The molecule has 4 rings (SSSR count). The van der Waals surface area contributed by atoms with Gasteiger partial charge in [0.1, 0.15) is 5.82 Å². The van der Waals surface area contributed by atoms with E-state index in [4.69, 9.17) is 11.6 Å². The van der Waals surface area contributed by atoms with Gasteiger partial charge in [-0.25, -0.2) is 4.98 Å². The zero-order valence-electron chi connectivity index (χ0n) is 14.3. The fourth-order valence-electron chi connectivity index (χ4n) is 3.60. The number of carbonyl (C=O) groups excluding carboxylic acids is 1. The molecule has 2 aromatic heterocycles. The van der Waals surface area contributed by atoms with Crippen molar-refractivity contribution in [2.45, 2.75) is 39.2 Å². The summed E-state index contributed by atoms with van der Waals surface area (Å²) in [4.78, 5) is 22.8. The van der Waals surface area contributed by atoms with Gasteiger partial charge in [-0.3, -0.25) is 9.89 Å². The number of halogens is 1. The van der Waals surface area contributed by atoms with E-state index < -0.39 is 0 Å². The summed E-state index contributed by atoms with van der Waals surface area (Å²) in [6.07, 6.45) is 2.27. The van der Waals surface area contributed by atoms with Crippen LogP contribution in [0.2, 0.25) is 5.02 Å². The molecule has 7 heteroatoms. The Labute approximate surface area is 150 Å². The van der Waals surface area contributed by atoms with Crippen molar-refractivity contribution in [2.24, 2.45) is 0 Å². The van der Waals surface area contributed by atoms with Crippen molar-refractivity contribution in [3.63, 3.8) is 0 Å². The lowest BCUT2D eigenvalue weighted by molar-refractivity contribution is -0.131. The number of nitrogens with zero attached hydrogens (tertiary/aromatic N) is 3. The van der Waals surface area contributed by atoms with Crippen molar-refractivity contribution in [1.82, 2.24) is 25.1 Å². The molecule has 0 bridgehead atoms. The Hall–Kier alpha value is -2.34. The first kappa shape index (κ1) is 16.1. The molecule has 3 heterocycles. The van der Waals surface area contributed by atoms with Crippen LogP contribution in [0.1, 0.15) is 41.7 Å². The third kappa shape index (κ3) is 2.91. The number of aromatic amines is 2. The van der Waals surface area contributed by atoms with Gasteiger partial charge < -0.3 is 9.88 Å². The number of carbonyl (C=O) groups is 1. The smallest absolute Gasteiger partial charge is 0.227 e. The molecule has 0 spiro atoms. The van der Waals surface area contributed by atoms with Crippen LogP contribution < -0.4 is 0 Å². The summed E-state index contributed by atoms with van der Waals surface area (Å²) in [6, 6.07) is 5.59. The number of rotatable bonds is 3. The molecule has 25 heavy (non-hydrogen) atoms.